The lowest BCUT2D eigenvalue weighted by Crippen LogP contribution is -1.85. The van der Waals surface area contributed by atoms with Crippen molar-refractivity contribution in [2.75, 3.05) is 0 Å². The monoisotopic (exact) mass is 202 g/mol. The first-order valence-corrected chi connectivity index (χ1v) is 5.02. The van der Waals surface area contributed by atoms with Crippen molar-refractivity contribution >= 4 is 51.1 Å². The van der Waals surface area contributed by atoms with Crippen molar-refractivity contribution in [2.45, 2.75) is 0 Å². The van der Waals surface area contributed by atoms with Crippen LogP contribution in [0.2, 0.25) is 0 Å². The highest BCUT2D eigenvalue weighted by molar-refractivity contribution is 8.20. The lowest BCUT2D eigenvalue weighted by atomic mass is 10.7. The van der Waals surface area contributed by atoms with Gasteiger partial charge in [-0.15, -0.1) is 0 Å². The topological polar surface area (TPSA) is 50.5 Å². The zero-order valence-corrected chi connectivity index (χ0v) is 7.62. The van der Waals surface area contributed by atoms with Crippen LogP contribution in [0.25, 0.3) is 0 Å². The minimum absolute atomic E-state index is 0.659. The van der Waals surface area contributed by atoms with Gasteiger partial charge in [0.25, 0.3) is 0 Å². The zero-order valence-electron chi connectivity index (χ0n) is 5.17. The van der Waals surface area contributed by atoms with Crippen LogP contribution in [-0.2, 0) is 11.1 Å². The van der Waals surface area contributed by atoms with E-state index in [1.165, 1.54) is 23.1 Å². The third kappa shape index (κ3) is 1.73. The fourth-order valence-corrected chi connectivity index (χ4v) is 2.10. The fraction of sp³-hybridized carbons (Fsp3) is 0. The van der Waals surface area contributed by atoms with Crippen LogP contribution >= 0.6 is 23.7 Å². The summed E-state index contributed by atoms with van der Waals surface area (Å²) < 4.78 is 11.7. The van der Waals surface area contributed by atoms with E-state index in [0.29, 0.717) is 5.82 Å². The van der Waals surface area contributed by atoms with Crippen molar-refractivity contribution in [2.24, 2.45) is 8.76 Å². The summed E-state index contributed by atoms with van der Waals surface area (Å²) >= 11 is 3.91. The summed E-state index contributed by atoms with van der Waals surface area (Å²) in [7, 11) is 0. The van der Waals surface area contributed by atoms with Crippen molar-refractivity contribution in [3.05, 3.63) is 6.20 Å². The van der Waals surface area contributed by atoms with Crippen molar-refractivity contribution in [1.82, 2.24) is 8.75 Å². The Morgan fingerprint density at radius 1 is 1.45 bits per heavy atom. The molecule has 56 valence electrons. The van der Waals surface area contributed by atoms with E-state index in [1.54, 1.807) is 6.20 Å². The molecule has 0 aromatic carbocycles. The molecular formula is C4H2N4S3. The van der Waals surface area contributed by atoms with E-state index in [4.69, 9.17) is 0 Å². The quantitative estimate of drug-likeness (QED) is 0.509. The number of rotatable bonds is 1. The van der Waals surface area contributed by atoms with E-state index in [9.17, 15) is 0 Å². The van der Waals surface area contributed by atoms with E-state index < -0.39 is 0 Å². The molecule has 11 heavy (non-hydrogen) atoms. The summed E-state index contributed by atoms with van der Waals surface area (Å²) in [6.07, 6.45) is 1.63. The van der Waals surface area contributed by atoms with Gasteiger partial charge in [-0.25, -0.2) is 4.99 Å². The smallest absolute Gasteiger partial charge is 0.186 e. The maximum atomic E-state index is 4.16. The van der Waals surface area contributed by atoms with Crippen molar-refractivity contribution in [3.63, 3.8) is 0 Å². The van der Waals surface area contributed by atoms with Crippen LogP contribution in [0.1, 0.15) is 0 Å². The summed E-state index contributed by atoms with van der Waals surface area (Å²) in [6, 6.07) is 0. The molecule has 0 aliphatic carbocycles. The lowest BCUT2D eigenvalue weighted by Gasteiger charge is -1.84. The van der Waals surface area contributed by atoms with Gasteiger partial charge < -0.3 is 0 Å². The molecule has 0 fully saturated rings. The highest BCUT2D eigenvalue weighted by Crippen LogP contribution is 2.14. The molecule has 0 amide bonds. The molecule has 2 heterocycles. The van der Waals surface area contributed by atoms with E-state index >= 15 is 0 Å². The Labute approximate surface area is 74.9 Å². The third-order valence-electron chi connectivity index (χ3n) is 0.902. The van der Waals surface area contributed by atoms with Crippen molar-refractivity contribution in [3.8, 4) is 0 Å². The van der Waals surface area contributed by atoms with Crippen LogP contribution in [0.3, 0.4) is 0 Å². The first-order chi connectivity index (χ1) is 5.45. The summed E-state index contributed by atoms with van der Waals surface area (Å²) in [4.78, 5) is 4.16. The van der Waals surface area contributed by atoms with Gasteiger partial charge in [-0.2, -0.15) is 12.5 Å². The van der Waals surface area contributed by atoms with Gasteiger partial charge >= 0.3 is 0 Å². The predicted molar refractivity (Wildman–Crippen MR) is 50.5 cm³/mol. The SMILES string of the molecule is C1=S=NSC1=Nc1cnsn1. The van der Waals surface area contributed by atoms with Gasteiger partial charge in [0.15, 0.2) is 5.82 Å². The van der Waals surface area contributed by atoms with Gasteiger partial charge in [-0.1, -0.05) is 0 Å². The van der Waals surface area contributed by atoms with E-state index in [0.717, 1.165) is 16.8 Å². The number of aromatic nitrogens is 2. The van der Waals surface area contributed by atoms with Crippen molar-refractivity contribution < 1.29 is 0 Å². The summed E-state index contributed by atoms with van der Waals surface area (Å²) in [5.74, 6) is 0.659. The molecule has 1 aliphatic heterocycles. The predicted octanol–water partition coefficient (Wildman–Crippen LogP) is 1.30. The second kappa shape index (κ2) is 3.24. The molecule has 0 bridgehead atoms. The molecule has 7 heteroatoms. The summed E-state index contributed by atoms with van der Waals surface area (Å²) in [6.45, 7) is 0. The Morgan fingerprint density at radius 2 is 2.45 bits per heavy atom. The highest BCUT2D eigenvalue weighted by atomic mass is 32.2. The standard InChI is InChI=1S/C4H2N4S3/c1-3(7-11-5-1)6-4-2-9-8-10-4/h1-2H. The molecule has 1 aromatic rings. The molecule has 0 N–H and O–H groups in total. The molecule has 1 aromatic heterocycles. The normalized spacial score (nSPS) is 19.1. The molecule has 4 nitrogen and oxygen atoms in total. The Kier molecular flexibility index (Phi) is 2.11. The molecule has 1 aliphatic rings. The minimum atomic E-state index is 0.659. The average Bonchev–Trinajstić information content (AvgIpc) is 2.60. The Balaban J connectivity index is 2.22. The maximum Gasteiger partial charge on any atom is 0.186 e. The van der Waals surface area contributed by atoms with Crippen molar-refractivity contribution in [1.29, 1.82) is 0 Å². The lowest BCUT2D eigenvalue weighted by molar-refractivity contribution is 1.42. The third-order valence-corrected chi connectivity index (χ3v) is 2.89. The van der Waals surface area contributed by atoms with Gasteiger partial charge in [0.05, 0.1) is 17.9 Å². The van der Waals surface area contributed by atoms with Crippen LogP contribution in [-0.4, -0.2) is 19.2 Å². The van der Waals surface area contributed by atoms with Gasteiger partial charge in [0.1, 0.15) is 5.04 Å². The molecular weight excluding hydrogens is 200 g/mol. The summed E-state index contributed by atoms with van der Waals surface area (Å²) in [5, 5.41) is 2.76. The maximum absolute atomic E-state index is 4.16. The first-order valence-electron chi connectivity index (χ1n) is 2.68. The average molecular weight is 202 g/mol. The minimum Gasteiger partial charge on any atom is -0.217 e. The van der Waals surface area contributed by atoms with Crippen LogP contribution in [0, 0.1) is 0 Å². The second-order valence-electron chi connectivity index (χ2n) is 1.60. The number of aliphatic imine (C=N–C) groups is 1. The number of nitrogens with zero attached hydrogens (tertiary/aromatic N) is 4. The Morgan fingerprint density at radius 3 is 3.09 bits per heavy atom. The summed E-state index contributed by atoms with van der Waals surface area (Å²) in [5.41, 5.74) is 0. The number of hydrogen-bond donors (Lipinski definition) is 0. The van der Waals surface area contributed by atoms with E-state index in [1.807, 2.05) is 5.37 Å². The first kappa shape index (κ1) is 7.14. The van der Waals surface area contributed by atoms with Gasteiger partial charge in [-0.3, -0.25) is 0 Å². The van der Waals surface area contributed by atoms with Gasteiger partial charge in [0, 0.05) is 17.3 Å². The van der Waals surface area contributed by atoms with Crippen LogP contribution < -0.4 is 0 Å². The van der Waals surface area contributed by atoms with Gasteiger partial charge in [-0.05, 0) is 11.1 Å². The van der Waals surface area contributed by atoms with Crippen LogP contribution in [0.4, 0.5) is 5.82 Å². The molecule has 0 saturated carbocycles. The highest BCUT2D eigenvalue weighted by Gasteiger charge is 2.00. The Hall–Kier alpha value is -0.530. The molecule has 0 unspecified atom stereocenters. The van der Waals surface area contributed by atoms with E-state index in [2.05, 4.69) is 17.5 Å². The second-order valence-corrected chi connectivity index (χ2v) is 3.81. The van der Waals surface area contributed by atoms with Crippen LogP contribution in [0.15, 0.2) is 15.0 Å². The van der Waals surface area contributed by atoms with Gasteiger partial charge in [0.2, 0.25) is 0 Å². The molecule has 0 atom stereocenters. The zero-order chi connectivity index (χ0) is 7.52. The largest absolute Gasteiger partial charge is 0.217 e. The fourth-order valence-electron chi connectivity index (χ4n) is 0.516. The van der Waals surface area contributed by atoms with Crippen LogP contribution in [0.5, 0.6) is 0 Å². The molecule has 0 spiro atoms. The Bertz CT molecular complexity index is 334. The molecule has 0 radical (unpaired) electrons. The molecule has 0 saturated heterocycles. The molecule has 2 rings (SSSR count). The number of hydrogen-bond acceptors (Lipinski definition) is 6. The van der Waals surface area contributed by atoms with E-state index in [-0.39, 0.29) is 0 Å².